The van der Waals surface area contributed by atoms with Crippen molar-refractivity contribution < 1.29 is 28.6 Å². The molecule has 10 nitrogen and oxygen atoms in total. The van der Waals surface area contributed by atoms with Crippen LogP contribution in [0.2, 0.25) is 5.02 Å². The SMILES string of the molecule is C=CC(=O)N1CCN2C(=O)c3c(N4CCC(C(=O)N(C)C)C4(C)C)nc(-c4c(O)cccc4F)c(Cl)c3OC[C@H]2C1. The largest absolute Gasteiger partial charge is 0.507 e. The molecule has 0 bridgehead atoms. The number of pyridine rings is 1. The average Bonchev–Trinajstić information content (AvgIpc) is 3.16. The summed E-state index contributed by atoms with van der Waals surface area (Å²) in [6.07, 6.45) is 1.74. The number of phenols is 1. The van der Waals surface area contributed by atoms with Crippen LogP contribution in [0, 0.1) is 11.7 Å². The summed E-state index contributed by atoms with van der Waals surface area (Å²) in [6.45, 7) is 8.58. The molecule has 5 rings (SSSR count). The normalized spacial score (nSPS) is 21.5. The van der Waals surface area contributed by atoms with Crippen molar-refractivity contribution in [3.05, 3.63) is 47.3 Å². The van der Waals surface area contributed by atoms with Gasteiger partial charge in [-0.25, -0.2) is 9.37 Å². The van der Waals surface area contributed by atoms with Crippen molar-refractivity contribution in [2.24, 2.45) is 5.92 Å². The molecule has 218 valence electrons. The first-order chi connectivity index (χ1) is 19.4. The summed E-state index contributed by atoms with van der Waals surface area (Å²) in [5.74, 6) is -2.00. The maximum atomic E-state index is 15.1. The van der Waals surface area contributed by atoms with Crippen LogP contribution in [0.3, 0.4) is 0 Å². The number of hydrogen-bond acceptors (Lipinski definition) is 7. The van der Waals surface area contributed by atoms with Crippen LogP contribution in [-0.4, -0.2) is 101 Å². The molecule has 3 aliphatic rings. The van der Waals surface area contributed by atoms with Crippen molar-refractivity contribution in [2.75, 3.05) is 51.8 Å². The van der Waals surface area contributed by atoms with Gasteiger partial charge in [0.2, 0.25) is 11.8 Å². The average molecular weight is 586 g/mol. The number of hydrogen-bond donors (Lipinski definition) is 1. The van der Waals surface area contributed by atoms with Crippen LogP contribution >= 0.6 is 11.6 Å². The first kappa shape index (κ1) is 28.7. The van der Waals surface area contributed by atoms with Crippen LogP contribution in [0.5, 0.6) is 11.5 Å². The molecule has 1 aromatic heterocycles. The lowest BCUT2D eigenvalue weighted by Crippen LogP contribution is -2.57. The van der Waals surface area contributed by atoms with E-state index in [0.717, 1.165) is 0 Å². The van der Waals surface area contributed by atoms with Crippen molar-refractivity contribution in [1.29, 1.82) is 0 Å². The lowest BCUT2D eigenvalue weighted by molar-refractivity contribution is -0.134. The van der Waals surface area contributed by atoms with Crippen molar-refractivity contribution >= 4 is 35.1 Å². The van der Waals surface area contributed by atoms with Gasteiger partial charge in [0.15, 0.2) is 5.75 Å². The highest BCUT2D eigenvalue weighted by Gasteiger charge is 2.49. The van der Waals surface area contributed by atoms with Crippen molar-refractivity contribution in [3.63, 3.8) is 0 Å². The third-order valence-corrected chi connectivity index (χ3v) is 8.70. The number of carbonyl (C=O) groups excluding carboxylic acids is 3. The highest BCUT2D eigenvalue weighted by molar-refractivity contribution is 6.35. The Bertz CT molecular complexity index is 1430. The van der Waals surface area contributed by atoms with Gasteiger partial charge >= 0.3 is 0 Å². The molecule has 1 aromatic carbocycles. The summed E-state index contributed by atoms with van der Waals surface area (Å²) in [7, 11) is 3.39. The Morgan fingerprint density at radius 2 is 1.98 bits per heavy atom. The highest BCUT2D eigenvalue weighted by atomic mass is 35.5. The van der Waals surface area contributed by atoms with E-state index in [-0.39, 0.29) is 76.6 Å². The summed E-state index contributed by atoms with van der Waals surface area (Å²) < 4.78 is 21.3. The van der Waals surface area contributed by atoms with E-state index in [0.29, 0.717) is 19.5 Å². The van der Waals surface area contributed by atoms with E-state index >= 15 is 4.39 Å². The number of carbonyl (C=O) groups is 3. The fraction of sp³-hybridized carbons (Fsp3) is 0.448. The number of aromatic hydroxyl groups is 1. The molecule has 0 saturated carbocycles. The molecular weight excluding hydrogens is 553 g/mol. The zero-order chi connectivity index (χ0) is 29.8. The van der Waals surface area contributed by atoms with Crippen LogP contribution in [0.1, 0.15) is 30.6 Å². The number of benzene rings is 1. The fourth-order valence-corrected chi connectivity index (χ4v) is 6.37. The van der Waals surface area contributed by atoms with Crippen LogP contribution in [0.15, 0.2) is 30.9 Å². The molecular formula is C29H33ClFN5O5. The Balaban J connectivity index is 1.69. The zero-order valence-corrected chi connectivity index (χ0v) is 24.2. The van der Waals surface area contributed by atoms with Crippen molar-refractivity contribution in [1.82, 2.24) is 19.7 Å². The van der Waals surface area contributed by atoms with Crippen LogP contribution < -0.4 is 9.64 Å². The second-order valence-corrected chi connectivity index (χ2v) is 11.6. The molecule has 2 fully saturated rings. The number of amides is 3. The lowest BCUT2D eigenvalue weighted by atomic mass is 9.87. The third kappa shape index (κ3) is 4.65. The quantitative estimate of drug-likeness (QED) is 0.549. The Morgan fingerprint density at radius 1 is 1.24 bits per heavy atom. The second-order valence-electron chi connectivity index (χ2n) is 11.3. The number of ether oxygens (including phenoxy) is 1. The molecule has 0 radical (unpaired) electrons. The molecule has 12 heteroatoms. The number of halogens is 2. The molecule has 3 amide bonds. The number of fused-ring (bicyclic) bond motifs is 2. The number of anilines is 1. The topological polar surface area (TPSA) is 107 Å². The number of nitrogens with zero attached hydrogens (tertiary/aromatic N) is 5. The first-order valence-corrected chi connectivity index (χ1v) is 13.8. The summed E-state index contributed by atoms with van der Waals surface area (Å²) in [6, 6.07) is 3.39. The smallest absolute Gasteiger partial charge is 0.261 e. The van der Waals surface area contributed by atoms with Crippen molar-refractivity contribution in [3.8, 4) is 22.8 Å². The monoisotopic (exact) mass is 585 g/mol. The fourth-order valence-electron chi connectivity index (χ4n) is 6.09. The van der Waals surface area contributed by atoms with Gasteiger partial charge in [-0.3, -0.25) is 14.4 Å². The molecule has 41 heavy (non-hydrogen) atoms. The molecule has 2 atom stereocenters. The predicted molar refractivity (Wildman–Crippen MR) is 152 cm³/mol. The molecule has 2 aromatic rings. The van der Waals surface area contributed by atoms with Gasteiger partial charge in [-0.15, -0.1) is 0 Å². The highest BCUT2D eigenvalue weighted by Crippen LogP contribution is 2.49. The molecule has 0 spiro atoms. The van der Waals surface area contributed by atoms with Crippen molar-refractivity contribution in [2.45, 2.75) is 31.8 Å². The van der Waals surface area contributed by atoms with Crippen LogP contribution in [0.4, 0.5) is 10.2 Å². The summed E-state index contributed by atoms with van der Waals surface area (Å²) in [4.78, 5) is 51.1. The minimum absolute atomic E-state index is 0.0218. The standard InChI is InChI=1S/C29H33ClFN5O5/c1-6-20(38)34-12-13-35-16(14-34)15-41-25-22(28(35)40)26(36-11-10-17(29(36,2)3)27(39)33(4)5)32-24(23(25)30)21-18(31)8-7-9-19(21)37/h6-9,16-17,37H,1,10-15H2,2-5H3/t16-,17?/m1/s1. The zero-order valence-electron chi connectivity index (χ0n) is 23.5. The van der Waals surface area contributed by atoms with Gasteiger partial charge < -0.3 is 29.4 Å². The second kappa shape index (κ2) is 10.5. The van der Waals surface area contributed by atoms with Gasteiger partial charge in [-0.05, 0) is 38.5 Å². The number of aromatic nitrogens is 1. The molecule has 0 aliphatic carbocycles. The number of piperazine rings is 1. The van der Waals surface area contributed by atoms with Crippen LogP contribution in [0.25, 0.3) is 11.3 Å². The first-order valence-electron chi connectivity index (χ1n) is 13.4. The maximum absolute atomic E-state index is 15.1. The summed E-state index contributed by atoms with van der Waals surface area (Å²) >= 11 is 6.82. The third-order valence-electron chi connectivity index (χ3n) is 8.35. The minimum Gasteiger partial charge on any atom is -0.507 e. The molecule has 3 aliphatic heterocycles. The van der Waals surface area contributed by atoms with E-state index in [1.807, 2.05) is 18.7 Å². The van der Waals surface area contributed by atoms with Gasteiger partial charge in [-0.2, -0.15) is 0 Å². The van der Waals surface area contributed by atoms with Gasteiger partial charge in [-0.1, -0.05) is 24.2 Å². The number of phenolic OH excluding ortho intramolecular Hbond substituents is 1. The van der Waals surface area contributed by atoms with E-state index < -0.39 is 23.3 Å². The van der Waals surface area contributed by atoms with Crippen LogP contribution in [-0.2, 0) is 9.59 Å². The minimum atomic E-state index is -0.786. The molecule has 1 unspecified atom stereocenters. The molecule has 4 heterocycles. The van der Waals surface area contributed by atoms with E-state index in [1.54, 1.807) is 23.9 Å². The lowest BCUT2D eigenvalue weighted by Gasteiger charge is -2.40. The molecule has 2 saturated heterocycles. The van der Waals surface area contributed by atoms with Gasteiger partial charge in [0.05, 0.1) is 17.5 Å². The van der Waals surface area contributed by atoms with E-state index in [9.17, 15) is 19.5 Å². The number of rotatable bonds is 4. The Labute approximate surface area is 242 Å². The van der Waals surface area contributed by atoms with E-state index in [4.69, 9.17) is 21.3 Å². The molecule has 1 N–H and O–H groups in total. The van der Waals surface area contributed by atoms with Gasteiger partial charge in [0.25, 0.3) is 5.91 Å². The maximum Gasteiger partial charge on any atom is 0.261 e. The Hall–Kier alpha value is -3.86. The van der Waals surface area contributed by atoms with E-state index in [1.165, 1.54) is 29.2 Å². The Kier molecular flexibility index (Phi) is 7.35. The van der Waals surface area contributed by atoms with E-state index in [2.05, 4.69) is 6.58 Å². The Morgan fingerprint density at radius 3 is 2.63 bits per heavy atom. The predicted octanol–water partition coefficient (Wildman–Crippen LogP) is 3.17. The van der Waals surface area contributed by atoms with Gasteiger partial charge in [0, 0.05) is 45.8 Å². The van der Waals surface area contributed by atoms with Gasteiger partial charge in [0.1, 0.15) is 40.3 Å². The summed E-state index contributed by atoms with van der Waals surface area (Å²) in [5, 5.41) is 10.5. The summed E-state index contributed by atoms with van der Waals surface area (Å²) in [5.41, 5.74) is -0.983.